The zero-order valence-electron chi connectivity index (χ0n) is 9.42. The number of unbranched alkanes of at least 4 members (excludes halogenated alkanes) is 1. The van der Waals surface area contributed by atoms with E-state index in [4.69, 9.17) is 0 Å². The number of likely N-dealkylation sites (tertiary alicyclic amines) is 1. The molecule has 1 rings (SSSR count). The van der Waals surface area contributed by atoms with Crippen LogP contribution in [0.15, 0.2) is 0 Å². The molecule has 0 unspecified atom stereocenters. The Morgan fingerprint density at radius 3 is 2.93 bits per heavy atom. The number of carbonyl (C=O) groups excluding carboxylic acids is 2. The molecule has 0 atom stereocenters. The first-order valence-corrected chi connectivity index (χ1v) is 5.84. The SMILES string of the molecule is CCCCNC(=O)N1CCCCCC1=O. The predicted molar refractivity (Wildman–Crippen MR) is 58.5 cm³/mol. The molecule has 0 aromatic carbocycles. The lowest BCUT2D eigenvalue weighted by Gasteiger charge is -2.18. The van der Waals surface area contributed by atoms with E-state index in [0.717, 1.165) is 32.1 Å². The minimum absolute atomic E-state index is 0.0264. The van der Waals surface area contributed by atoms with Crippen LogP contribution in [-0.2, 0) is 4.79 Å². The molecule has 1 heterocycles. The van der Waals surface area contributed by atoms with Gasteiger partial charge in [-0.2, -0.15) is 0 Å². The monoisotopic (exact) mass is 212 g/mol. The van der Waals surface area contributed by atoms with E-state index >= 15 is 0 Å². The fourth-order valence-electron chi connectivity index (χ4n) is 1.66. The molecule has 0 saturated carbocycles. The molecule has 0 aromatic rings. The van der Waals surface area contributed by atoms with Crippen molar-refractivity contribution < 1.29 is 9.59 Å². The van der Waals surface area contributed by atoms with E-state index in [9.17, 15) is 9.59 Å². The molecule has 1 fully saturated rings. The van der Waals surface area contributed by atoms with Gasteiger partial charge in [0.05, 0.1) is 0 Å². The van der Waals surface area contributed by atoms with Gasteiger partial charge in [-0.3, -0.25) is 9.69 Å². The Balaban J connectivity index is 2.38. The summed E-state index contributed by atoms with van der Waals surface area (Å²) in [4.78, 5) is 24.5. The highest BCUT2D eigenvalue weighted by Gasteiger charge is 2.22. The summed E-state index contributed by atoms with van der Waals surface area (Å²) in [5.74, 6) is -0.0264. The molecular formula is C11H20N2O2. The average molecular weight is 212 g/mol. The van der Waals surface area contributed by atoms with Crippen molar-refractivity contribution in [2.24, 2.45) is 0 Å². The topological polar surface area (TPSA) is 49.4 Å². The van der Waals surface area contributed by atoms with Crippen molar-refractivity contribution >= 4 is 11.9 Å². The van der Waals surface area contributed by atoms with E-state index in [2.05, 4.69) is 12.2 Å². The summed E-state index contributed by atoms with van der Waals surface area (Å²) in [7, 11) is 0. The van der Waals surface area contributed by atoms with E-state index in [1.54, 1.807) is 0 Å². The maximum absolute atomic E-state index is 11.6. The van der Waals surface area contributed by atoms with Gasteiger partial charge in [0.2, 0.25) is 5.91 Å². The van der Waals surface area contributed by atoms with Crippen molar-refractivity contribution in [3.8, 4) is 0 Å². The first-order valence-electron chi connectivity index (χ1n) is 5.84. The summed E-state index contributed by atoms with van der Waals surface area (Å²) in [5.41, 5.74) is 0. The minimum Gasteiger partial charge on any atom is -0.338 e. The Bertz CT molecular complexity index is 229. The van der Waals surface area contributed by atoms with Gasteiger partial charge < -0.3 is 5.32 Å². The van der Waals surface area contributed by atoms with Crippen LogP contribution in [-0.4, -0.2) is 29.9 Å². The fraction of sp³-hybridized carbons (Fsp3) is 0.818. The molecule has 1 saturated heterocycles. The van der Waals surface area contributed by atoms with Crippen LogP contribution in [0.3, 0.4) is 0 Å². The van der Waals surface area contributed by atoms with E-state index in [-0.39, 0.29) is 11.9 Å². The molecule has 1 aliphatic rings. The van der Waals surface area contributed by atoms with Crippen molar-refractivity contribution in [1.29, 1.82) is 0 Å². The highest BCUT2D eigenvalue weighted by atomic mass is 16.2. The molecule has 4 nitrogen and oxygen atoms in total. The molecule has 1 aliphatic heterocycles. The van der Waals surface area contributed by atoms with Crippen molar-refractivity contribution in [1.82, 2.24) is 10.2 Å². The van der Waals surface area contributed by atoms with E-state index < -0.39 is 0 Å². The van der Waals surface area contributed by atoms with Gasteiger partial charge in [-0.05, 0) is 19.3 Å². The Morgan fingerprint density at radius 1 is 1.40 bits per heavy atom. The number of carbonyl (C=O) groups is 2. The van der Waals surface area contributed by atoms with Crippen LogP contribution in [0.4, 0.5) is 4.79 Å². The van der Waals surface area contributed by atoms with Gasteiger partial charge in [-0.15, -0.1) is 0 Å². The number of hydrogen-bond donors (Lipinski definition) is 1. The Morgan fingerprint density at radius 2 is 2.20 bits per heavy atom. The standard InChI is InChI=1S/C11H20N2O2/c1-2-3-8-12-11(15)13-9-6-4-5-7-10(13)14/h2-9H2,1H3,(H,12,15). The molecule has 1 N–H and O–H groups in total. The molecule has 0 radical (unpaired) electrons. The van der Waals surface area contributed by atoms with Gasteiger partial charge >= 0.3 is 6.03 Å². The van der Waals surface area contributed by atoms with Crippen LogP contribution >= 0.6 is 0 Å². The fourth-order valence-corrected chi connectivity index (χ4v) is 1.66. The summed E-state index contributed by atoms with van der Waals surface area (Å²) in [6.45, 7) is 3.32. The maximum atomic E-state index is 11.6. The molecule has 0 bridgehead atoms. The second-order valence-corrected chi connectivity index (χ2v) is 3.94. The number of amides is 3. The summed E-state index contributed by atoms with van der Waals surface area (Å²) < 4.78 is 0. The Kier molecular flexibility index (Phi) is 5.15. The summed E-state index contributed by atoms with van der Waals surface area (Å²) in [6, 6.07) is -0.213. The lowest BCUT2D eigenvalue weighted by atomic mass is 10.2. The Hall–Kier alpha value is -1.06. The molecule has 0 aliphatic carbocycles. The van der Waals surface area contributed by atoms with Crippen molar-refractivity contribution in [3.05, 3.63) is 0 Å². The average Bonchev–Trinajstić information content (AvgIpc) is 2.43. The van der Waals surface area contributed by atoms with Gasteiger partial charge in [0.1, 0.15) is 0 Å². The third kappa shape index (κ3) is 3.90. The van der Waals surface area contributed by atoms with Crippen molar-refractivity contribution in [2.45, 2.75) is 45.4 Å². The van der Waals surface area contributed by atoms with Gasteiger partial charge in [-0.1, -0.05) is 19.8 Å². The Labute approximate surface area is 91.0 Å². The van der Waals surface area contributed by atoms with Crippen LogP contribution in [0.5, 0.6) is 0 Å². The number of urea groups is 1. The van der Waals surface area contributed by atoms with Gasteiger partial charge in [0, 0.05) is 19.5 Å². The second-order valence-electron chi connectivity index (χ2n) is 3.94. The molecule has 86 valence electrons. The first kappa shape index (κ1) is 12.0. The molecule has 3 amide bonds. The second kappa shape index (κ2) is 6.43. The van der Waals surface area contributed by atoms with Gasteiger partial charge in [0.15, 0.2) is 0 Å². The normalized spacial score (nSPS) is 17.4. The lowest BCUT2D eigenvalue weighted by Crippen LogP contribution is -2.43. The molecule has 15 heavy (non-hydrogen) atoms. The first-order chi connectivity index (χ1) is 7.25. The smallest absolute Gasteiger partial charge is 0.324 e. The van der Waals surface area contributed by atoms with Crippen LogP contribution in [0.25, 0.3) is 0 Å². The third-order valence-electron chi connectivity index (χ3n) is 2.63. The minimum atomic E-state index is -0.213. The van der Waals surface area contributed by atoms with Crippen LogP contribution in [0.2, 0.25) is 0 Å². The number of imide groups is 1. The van der Waals surface area contributed by atoms with E-state index in [1.807, 2.05) is 0 Å². The van der Waals surface area contributed by atoms with Crippen LogP contribution in [0.1, 0.15) is 45.4 Å². The lowest BCUT2D eigenvalue weighted by molar-refractivity contribution is -0.127. The summed E-state index contributed by atoms with van der Waals surface area (Å²) >= 11 is 0. The largest absolute Gasteiger partial charge is 0.338 e. The third-order valence-corrected chi connectivity index (χ3v) is 2.63. The molecule has 4 heteroatoms. The highest BCUT2D eigenvalue weighted by molar-refractivity contribution is 5.94. The van der Waals surface area contributed by atoms with E-state index in [1.165, 1.54) is 4.90 Å². The summed E-state index contributed by atoms with van der Waals surface area (Å²) in [5, 5.41) is 2.78. The van der Waals surface area contributed by atoms with Crippen molar-refractivity contribution in [3.63, 3.8) is 0 Å². The number of hydrogen-bond acceptors (Lipinski definition) is 2. The quantitative estimate of drug-likeness (QED) is 0.726. The van der Waals surface area contributed by atoms with Gasteiger partial charge in [-0.25, -0.2) is 4.79 Å². The number of nitrogens with zero attached hydrogens (tertiary/aromatic N) is 1. The van der Waals surface area contributed by atoms with Crippen molar-refractivity contribution in [2.75, 3.05) is 13.1 Å². The number of rotatable bonds is 3. The summed E-state index contributed by atoms with van der Waals surface area (Å²) in [6.07, 6.45) is 5.43. The molecular weight excluding hydrogens is 192 g/mol. The van der Waals surface area contributed by atoms with Gasteiger partial charge in [0.25, 0.3) is 0 Å². The number of nitrogens with one attached hydrogen (secondary N) is 1. The highest BCUT2D eigenvalue weighted by Crippen LogP contribution is 2.10. The molecule has 0 spiro atoms. The zero-order valence-corrected chi connectivity index (χ0v) is 9.42. The predicted octanol–water partition coefficient (Wildman–Crippen LogP) is 1.90. The molecule has 0 aromatic heterocycles. The van der Waals surface area contributed by atoms with E-state index in [0.29, 0.717) is 19.5 Å². The zero-order chi connectivity index (χ0) is 11.1. The van der Waals surface area contributed by atoms with Crippen LogP contribution in [0, 0.1) is 0 Å². The maximum Gasteiger partial charge on any atom is 0.324 e. The van der Waals surface area contributed by atoms with Crippen LogP contribution < -0.4 is 5.32 Å².